The minimum atomic E-state index is -0.721. The number of halogens is 1. The van der Waals surface area contributed by atoms with Gasteiger partial charge in [-0.1, -0.05) is 25.0 Å². The van der Waals surface area contributed by atoms with Gasteiger partial charge in [-0.05, 0) is 49.3 Å². The number of carboxylic acids is 1. The molecule has 1 saturated carbocycles. The molecular formula is C17H22FNO2. The molecule has 3 nitrogen and oxygen atoms in total. The van der Waals surface area contributed by atoms with Gasteiger partial charge in [-0.15, -0.1) is 0 Å². The molecule has 0 aromatic heterocycles. The number of fused-ring (bicyclic) bond motifs is 1. The Morgan fingerprint density at radius 1 is 1.14 bits per heavy atom. The van der Waals surface area contributed by atoms with Gasteiger partial charge in [0.2, 0.25) is 0 Å². The maximum atomic E-state index is 13.0. The third kappa shape index (κ3) is 3.10. The molecule has 3 unspecified atom stereocenters. The van der Waals surface area contributed by atoms with E-state index in [0.717, 1.165) is 24.8 Å². The lowest BCUT2D eigenvalue weighted by atomic mass is 9.76. The van der Waals surface area contributed by atoms with E-state index in [9.17, 15) is 14.3 Å². The molecule has 4 heteroatoms. The zero-order valence-corrected chi connectivity index (χ0v) is 12.2. The molecular weight excluding hydrogens is 269 g/mol. The second-order valence-corrected chi connectivity index (χ2v) is 6.34. The second kappa shape index (κ2) is 6.14. The molecule has 0 spiro atoms. The Morgan fingerprint density at radius 3 is 2.57 bits per heavy atom. The minimum absolute atomic E-state index is 0.247. The van der Waals surface area contributed by atoms with Crippen LogP contribution in [0, 0.1) is 11.7 Å². The van der Waals surface area contributed by atoms with Gasteiger partial charge in [0.1, 0.15) is 11.9 Å². The average Bonchev–Trinajstić information content (AvgIpc) is 2.49. The van der Waals surface area contributed by atoms with Crippen LogP contribution in [-0.2, 0) is 11.3 Å². The molecule has 0 amide bonds. The fourth-order valence-corrected chi connectivity index (χ4v) is 4.02. The normalized spacial score (nSPS) is 29.9. The number of carbonyl (C=O) groups is 1. The number of piperidine rings is 1. The van der Waals surface area contributed by atoms with Crippen molar-refractivity contribution in [1.82, 2.24) is 4.90 Å². The molecule has 114 valence electrons. The Labute approximate surface area is 124 Å². The highest BCUT2D eigenvalue weighted by Gasteiger charge is 2.41. The fourth-order valence-electron chi connectivity index (χ4n) is 4.02. The Bertz CT molecular complexity index is 502. The molecule has 0 radical (unpaired) electrons. The monoisotopic (exact) mass is 291 g/mol. The molecule has 1 N–H and O–H groups in total. The van der Waals surface area contributed by atoms with E-state index in [1.807, 2.05) is 0 Å². The van der Waals surface area contributed by atoms with Crippen LogP contribution in [-0.4, -0.2) is 28.1 Å². The topological polar surface area (TPSA) is 40.5 Å². The standard InChI is InChI=1S/C17H22FNO2/c18-14-8-5-12(6-9-14)11-19-15-4-2-1-3-13(15)7-10-16(19)17(20)21/h5-6,8-9,13,15-16H,1-4,7,10-11H2,(H,20,21). The molecule has 1 saturated heterocycles. The summed E-state index contributed by atoms with van der Waals surface area (Å²) < 4.78 is 13.0. The number of carboxylic acid groups (broad SMARTS) is 1. The molecule has 3 rings (SSSR count). The maximum Gasteiger partial charge on any atom is 0.320 e. The number of likely N-dealkylation sites (tertiary alicyclic amines) is 1. The van der Waals surface area contributed by atoms with Crippen molar-refractivity contribution in [1.29, 1.82) is 0 Å². The Balaban J connectivity index is 1.81. The Morgan fingerprint density at radius 2 is 1.86 bits per heavy atom. The van der Waals surface area contributed by atoms with Crippen molar-refractivity contribution in [3.05, 3.63) is 35.6 Å². The quantitative estimate of drug-likeness (QED) is 0.927. The summed E-state index contributed by atoms with van der Waals surface area (Å²) in [5.41, 5.74) is 0.994. The number of benzene rings is 1. The SMILES string of the molecule is O=C(O)C1CCC2CCCCC2N1Cc1ccc(F)cc1. The summed E-state index contributed by atoms with van der Waals surface area (Å²) in [6.07, 6.45) is 6.53. The van der Waals surface area contributed by atoms with E-state index in [0.29, 0.717) is 18.5 Å². The molecule has 2 aliphatic rings. The smallest absolute Gasteiger partial charge is 0.320 e. The molecule has 21 heavy (non-hydrogen) atoms. The van der Waals surface area contributed by atoms with Gasteiger partial charge in [-0.25, -0.2) is 4.39 Å². The maximum absolute atomic E-state index is 13.0. The van der Waals surface area contributed by atoms with Crippen LogP contribution >= 0.6 is 0 Å². The first kappa shape index (κ1) is 14.5. The highest BCUT2D eigenvalue weighted by Crippen LogP contribution is 2.38. The van der Waals surface area contributed by atoms with Crippen LogP contribution in [0.1, 0.15) is 44.1 Å². The van der Waals surface area contributed by atoms with E-state index >= 15 is 0 Å². The van der Waals surface area contributed by atoms with E-state index in [1.54, 1.807) is 12.1 Å². The van der Waals surface area contributed by atoms with E-state index in [-0.39, 0.29) is 5.82 Å². The van der Waals surface area contributed by atoms with Crippen molar-refractivity contribution in [3.63, 3.8) is 0 Å². The van der Waals surface area contributed by atoms with Crippen molar-refractivity contribution in [2.24, 2.45) is 5.92 Å². The highest BCUT2D eigenvalue weighted by atomic mass is 19.1. The summed E-state index contributed by atoms with van der Waals surface area (Å²) in [5, 5.41) is 9.52. The Hall–Kier alpha value is -1.42. The van der Waals surface area contributed by atoms with Gasteiger partial charge in [-0.3, -0.25) is 9.69 Å². The summed E-state index contributed by atoms with van der Waals surface area (Å²) >= 11 is 0. The van der Waals surface area contributed by atoms with E-state index in [2.05, 4.69) is 4.90 Å². The first-order chi connectivity index (χ1) is 10.1. The third-order valence-electron chi connectivity index (χ3n) is 5.07. The number of aliphatic carboxylic acids is 1. The lowest BCUT2D eigenvalue weighted by Crippen LogP contribution is -2.54. The van der Waals surface area contributed by atoms with Crippen LogP contribution in [0.15, 0.2) is 24.3 Å². The average molecular weight is 291 g/mol. The molecule has 1 aromatic rings. The van der Waals surface area contributed by atoms with Gasteiger partial charge in [-0.2, -0.15) is 0 Å². The molecule has 1 aliphatic carbocycles. The number of hydrogen-bond acceptors (Lipinski definition) is 2. The predicted octanol–water partition coefficient (Wildman–Crippen LogP) is 3.43. The van der Waals surface area contributed by atoms with Crippen LogP contribution < -0.4 is 0 Å². The second-order valence-electron chi connectivity index (χ2n) is 6.34. The van der Waals surface area contributed by atoms with Crippen LogP contribution in [0.2, 0.25) is 0 Å². The van der Waals surface area contributed by atoms with Crippen molar-refractivity contribution in [2.45, 2.75) is 57.2 Å². The fraction of sp³-hybridized carbons (Fsp3) is 0.588. The number of hydrogen-bond donors (Lipinski definition) is 1. The molecule has 0 bridgehead atoms. The van der Waals surface area contributed by atoms with Crippen LogP contribution in [0.3, 0.4) is 0 Å². The molecule has 1 aromatic carbocycles. The predicted molar refractivity (Wildman–Crippen MR) is 78.3 cm³/mol. The third-order valence-corrected chi connectivity index (χ3v) is 5.07. The first-order valence-corrected chi connectivity index (χ1v) is 7.88. The summed E-state index contributed by atoms with van der Waals surface area (Å²) in [6.45, 7) is 0.610. The van der Waals surface area contributed by atoms with Gasteiger partial charge in [0.05, 0.1) is 0 Å². The van der Waals surface area contributed by atoms with Gasteiger partial charge in [0.15, 0.2) is 0 Å². The van der Waals surface area contributed by atoms with Crippen molar-refractivity contribution < 1.29 is 14.3 Å². The van der Waals surface area contributed by atoms with Gasteiger partial charge in [0.25, 0.3) is 0 Å². The summed E-state index contributed by atoms with van der Waals surface area (Å²) in [5.74, 6) is -0.335. The summed E-state index contributed by atoms with van der Waals surface area (Å²) in [4.78, 5) is 13.7. The molecule has 3 atom stereocenters. The van der Waals surface area contributed by atoms with Crippen LogP contribution in [0.5, 0.6) is 0 Å². The summed E-state index contributed by atoms with van der Waals surface area (Å²) in [7, 11) is 0. The molecule has 1 aliphatic heterocycles. The summed E-state index contributed by atoms with van der Waals surface area (Å²) in [6, 6.07) is 6.41. The lowest BCUT2D eigenvalue weighted by molar-refractivity contribution is -0.148. The molecule has 2 fully saturated rings. The van der Waals surface area contributed by atoms with Gasteiger partial charge >= 0.3 is 5.97 Å². The van der Waals surface area contributed by atoms with Crippen molar-refractivity contribution in [3.8, 4) is 0 Å². The lowest BCUT2D eigenvalue weighted by Gasteiger charge is -2.47. The number of nitrogens with zero attached hydrogens (tertiary/aromatic N) is 1. The van der Waals surface area contributed by atoms with Crippen molar-refractivity contribution >= 4 is 5.97 Å². The first-order valence-electron chi connectivity index (χ1n) is 7.88. The minimum Gasteiger partial charge on any atom is -0.480 e. The van der Waals surface area contributed by atoms with Crippen LogP contribution in [0.25, 0.3) is 0 Å². The Kier molecular flexibility index (Phi) is 4.24. The van der Waals surface area contributed by atoms with E-state index in [1.165, 1.54) is 31.4 Å². The van der Waals surface area contributed by atoms with Gasteiger partial charge < -0.3 is 5.11 Å². The van der Waals surface area contributed by atoms with E-state index in [4.69, 9.17) is 0 Å². The largest absolute Gasteiger partial charge is 0.480 e. The van der Waals surface area contributed by atoms with Crippen molar-refractivity contribution in [2.75, 3.05) is 0 Å². The van der Waals surface area contributed by atoms with Gasteiger partial charge in [0, 0.05) is 12.6 Å². The number of rotatable bonds is 3. The van der Waals surface area contributed by atoms with E-state index < -0.39 is 12.0 Å². The zero-order chi connectivity index (χ0) is 14.8. The highest BCUT2D eigenvalue weighted by molar-refractivity contribution is 5.73. The van der Waals surface area contributed by atoms with Crippen LogP contribution in [0.4, 0.5) is 4.39 Å². The zero-order valence-electron chi connectivity index (χ0n) is 12.2. The molecule has 1 heterocycles.